The number of nitrogens with one attached hydrogen (secondary N) is 1. The van der Waals surface area contributed by atoms with Crippen molar-refractivity contribution in [1.82, 2.24) is 4.98 Å². The summed E-state index contributed by atoms with van der Waals surface area (Å²) in [6.45, 7) is 0. The van der Waals surface area contributed by atoms with E-state index < -0.39 is 11.8 Å². The molecule has 2 N–H and O–H groups in total. The number of rotatable bonds is 5. The van der Waals surface area contributed by atoms with E-state index in [9.17, 15) is 9.18 Å². The van der Waals surface area contributed by atoms with E-state index in [1.165, 1.54) is 5.56 Å². The van der Waals surface area contributed by atoms with E-state index in [0.717, 1.165) is 24.2 Å². The summed E-state index contributed by atoms with van der Waals surface area (Å²) >= 11 is 0. The highest BCUT2D eigenvalue weighted by Crippen LogP contribution is 2.20. The molecule has 0 atom stereocenters. The standard InChI is InChI=1S/C19H15FN2O2/c20-15-11-17(19(23)24)18(21-12-15)22-16-8-6-14(7-9-16)10-13-4-2-1-3-5-13/h1-9,11-12H,10H2,(H,21,22)(H,23,24). The van der Waals surface area contributed by atoms with Crippen LogP contribution in [0.2, 0.25) is 0 Å². The van der Waals surface area contributed by atoms with E-state index in [1.807, 2.05) is 42.5 Å². The Bertz CT molecular complexity index is 849. The molecule has 24 heavy (non-hydrogen) atoms. The molecule has 1 heterocycles. The van der Waals surface area contributed by atoms with Crippen molar-refractivity contribution in [2.24, 2.45) is 0 Å². The first kappa shape index (κ1) is 15.7. The molecular formula is C19H15FN2O2. The Morgan fingerprint density at radius 1 is 1.04 bits per heavy atom. The Morgan fingerprint density at radius 2 is 1.71 bits per heavy atom. The van der Waals surface area contributed by atoms with Crippen molar-refractivity contribution < 1.29 is 14.3 Å². The lowest BCUT2D eigenvalue weighted by molar-refractivity contribution is 0.0697. The molecule has 0 saturated heterocycles. The van der Waals surface area contributed by atoms with Crippen LogP contribution in [-0.2, 0) is 6.42 Å². The molecule has 2 aromatic carbocycles. The Hall–Kier alpha value is -3.21. The molecule has 0 unspecified atom stereocenters. The van der Waals surface area contributed by atoms with Crippen molar-refractivity contribution >= 4 is 17.5 Å². The minimum atomic E-state index is -1.23. The molecule has 0 aliphatic rings. The van der Waals surface area contributed by atoms with Crippen LogP contribution in [0.4, 0.5) is 15.9 Å². The molecular weight excluding hydrogens is 307 g/mol. The molecule has 1 aromatic heterocycles. The van der Waals surface area contributed by atoms with E-state index in [0.29, 0.717) is 5.69 Å². The van der Waals surface area contributed by atoms with Crippen LogP contribution in [0, 0.1) is 5.82 Å². The summed E-state index contributed by atoms with van der Waals surface area (Å²) in [5, 5.41) is 12.0. The number of carboxylic acid groups (broad SMARTS) is 1. The Morgan fingerprint density at radius 3 is 2.38 bits per heavy atom. The van der Waals surface area contributed by atoms with Gasteiger partial charge < -0.3 is 10.4 Å². The number of hydrogen-bond acceptors (Lipinski definition) is 3. The number of carboxylic acids is 1. The van der Waals surface area contributed by atoms with Gasteiger partial charge in [0, 0.05) is 5.69 Å². The van der Waals surface area contributed by atoms with Gasteiger partial charge in [0.2, 0.25) is 0 Å². The second-order valence-corrected chi connectivity index (χ2v) is 5.34. The number of nitrogens with zero attached hydrogens (tertiary/aromatic N) is 1. The molecule has 0 fully saturated rings. The fourth-order valence-corrected chi connectivity index (χ4v) is 2.38. The quantitative estimate of drug-likeness (QED) is 0.737. The Labute approximate surface area is 138 Å². The SMILES string of the molecule is O=C(O)c1cc(F)cnc1Nc1ccc(Cc2ccccc2)cc1. The number of hydrogen-bond donors (Lipinski definition) is 2. The molecule has 0 bridgehead atoms. The van der Waals surface area contributed by atoms with Gasteiger partial charge in [-0.1, -0.05) is 42.5 Å². The predicted molar refractivity (Wildman–Crippen MR) is 90.1 cm³/mol. The normalized spacial score (nSPS) is 10.4. The molecule has 0 saturated carbocycles. The topological polar surface area (TPSA) is 62.2 Å². The molecule has 0 aliphatic heterocycles. The third-order valence-corrected chi connectivity index (χ3v) is 3.55. The second-order valence-electron chi connectivity index (χ2n) is 5.34. The second kappa shape index (κ2) is 6.91. The zero-order valence-electron chi connectivity index (χ0n) is 12.7. The molecule has 120 valence electrons. The molecule has 3 aromatic rings. The summed E-state index contributed by atoms with van der Waals surface area (Å²) < 4.78 is 13.2. The van der Waals surface area contributed by atoms with Gasteiger partial charge in [-0.25, -0.2) is 14.2 Å². The van der Waals surface area contributed by atoms with Crippen LogP contribution < -0.4 is 5.32 Å². The third-order valence-electron chi connectivity index (χ3n) is 3.55. The highest BCUT2D eigenvalue weighted by molar-refractivity contribution is 5.93. The maximum absolute atomic E-state index is 13.2. The summed E-state index contributed by atoms with van der Waals surface area (Å²) in [7, 11) is 0. The monoisotopic (exact) mass is 322 g/mol. The minimum absolute atomic E-state index is 0.111. The number of benzene rings is 2. The van der Waals surface area contributed by atoms with Crippen molar-refractivity contribution in [1.29, 1.82) is 0 Å². The van der Waals surface area contributed by atoms with Crippen molar-refractivity contribution in [2.75, 3.05) is 5.32 Å². The lowest BCUT2D eigenvalue weighted by atomic mass is 10.0. The van der Waals surface area contributed by atoms with Gasteiger partial charge in [0.1, 0.15) is 17.2 Å². The maximum atomic E-state index is 13.2. The zero-order chi connectivity index (χ0) is 16.9. The van der Waals surface area contributed by atoms with Crippen LogP contribution in [0.5, 0.6) is 0 Å². The van der Waals surface area contributed by atoms with Crippen LogP contribution in [-0.4, -0.2) is 16.1 Å². The molecule has 0 aliphatic carbocycles. The highest BCUT2D eigenvalue weighted by Gasteiger charge is 2.13. The summed E-state index contributed by atoms with van der Waals surface area (Å²) in [6.07, 6.45) is 1.80. The van der Waals surface area contributed by atoms with Gasteiger partial charge in [0.15, 0.2) is 0 Å². The molecule has 5 heteroatoms. The highest BCUT2D eigenvalue weighted by atomic mass is 19.1. The maximum Gasteiger partial charge on any atom is 0.339 e. The van der Waals surface area contributed by atoms with E-state index in [4.69, 9.17) is 5.11 Å². The fraction of sp³-hybridized carbons (Fsp3) is 0.0526. The Balaban J connectivity index is 1.76. The van der Waals surface area contributed by atoms with E-state index in [1.54, 1.807) is 0 Å². The predicted octanol–water partition coefficient (Wildman–Crippen LogP) is 4.25. The molecule has 4 nitrogen and oxygen atoms in total. The number of anilines is 2. The first-order chi connectivity index (χ1) is 11.6. The van der Waals surface area contributed by atoms with Crippen LogP contribution in [0.25, 0.3) is 0 Å². The van der Waals surface area contributed by atoms with E-state index in [-0.39, 0.29) is 11.4 Å². The Kier molecular flexibility index (Phi) is 4.52. The van der Waals surface area contributed by atoms with Gasteiger partial charge in [-0.3, -0.25) is 0 Å². The van der Waals surface area contributed by atoms with Crippen LogP contribution in [0.3, 0.4) is 0 Å². The van der Waals surface area contributed by atoms with E-state index in [2.05, 4.69) is 22.4 Å². The molecule has 0 spiro atoms. The number of aromatic carboxylic acids is 1. The van der Waals surface area contributed by atoms with Crippen molar-refractivity contribution in [3.05, 3.63) is 89.4 Å². The van der Waals surface area contributed by atoms with Gasteiger partial charge in [-0.15, -0.1) is 0 Å². The smallest absolute Gasteiger partial charge is 0.339 e. The average molecular weight is 322 g/mol. The first-order valence-electron chi connectivity index (χ1n) is 7.40. The first-order valence-corrected chi connectivity index (χ1v) is 7.40. The number of halogens is 1. The summed E-state index contributed by atoms with van der Waals surface area (Å²) in [5.41, 5.74) is 2.83. The van der Waals surface area contributed by atoms with Crippen molar-refractivity contribution in [3.63, 3.8) is 0 Å². The zero-order valence-corrected chi connectivity index (χ0v) is 12.7. The molecule has 0 amide bonds. The minimum Gasteiger partial charge on any atom is -0.478 e. The number of pyridine rings is 1. The van der Waals surface area contributed by atoms with E-state index >= 15 is 0 Å². The van der Waals surface area contributed by atoms with Gasteiger partial charge >= 0.3 is 5.97 Å². The van der Waals surface area contributed by atoms with Gasteiger partial charge in [0.05, 0.1) is 6.20 Å². The lowest BCUT2D eigenvalue weighted by Gasteiger charge is -2.09. The van der Waals surface area contributed by atoms with Crippen LogP contribution in [0.1, 0.15) is 21.5 Å². The summed E-state index contributed by atoms with van der Waals surface area (Å²) in [5.74, 6) is -1.80. The average Bonchev–Trinajstić information content (AvgIpc) is 2.59. The van der Waals surface area contributed by atoms with Gasteiger partial charge in [-0.05, 0) is 35.7 Å². The fourth-order valence-electron chi connectivity index (χ4n) is 2.38. The largest absolute Gasteiger partial charge is 0.478 e. The van der Waals surface area contributed by atoms with Gasteiger partial charge in [0.25, 0.3) is 0 Å². The summed E-state index contributed by atoms with van der Waals surface area (Å²) in [4.78, 5) is 15.0. The van der Waals surface area contributed by atoms with Gasteiger partial charge in [-0.2, -0.15) is 0 Å². The molecule has 0 radical (unpaired) electrons. The number of aromatic nitrogens is 1. The number of carbonyl (C=O) groups is 1. The van der Waals surface area contributed by atoms with Crippen LogP contribution in [0.15, 0.2) is 66.9 Å². The molecule has 3 rings (SSSR count). The third kappa shape index (κ3) is 3.76. The summed E-state index contributed by atoms with van der Waals surface area (Å²) in [6, 6.07) is 18.6. The van der Waals surface area contributed by atoms with Crippen LogP contribution >= 0.6 is 0 Å². The lowest BCUT2D eigenvalue weighted by Crippen LogP contribution is -2.05. The van der Waals surface area contributed by atoms with Crippen molar-refractivity contribution in [3.8, 4) is 0 Å². The van der Waals surface area contributed by atoms with Crippen molar-refractivity contribution in [2.45, 2.75) is 6.42 Å².